The summed E-state index contributed by atoms with van der Waals surface area (Å²) in [6.07, 6.45) is 0. The molecule has 3 rings (SSSR count). The SMILES string of the molecule is CCn1c(SCC(=O)O)nnc1N1Cc2ccccc2C1. The molecule has 0 atom stereocenters. The molecule has 110 valence electrons. The minimum absolute atomic E-state index is 0.00163. The molecule has 1 aromatic carbocycles. The number of thioether (sulfide) groups is 1. The van der Waals surface area contributed by atoms with Gasteiger partial charge in [0.1, 0.15) is 0 Å². The van der Waals surface area contributed by atoms with Crippen LogP contribution in [-0.4, -0.2) is 31.6 Å². The van der Waals surface area contributed by atoms with Crippen LogP contribution in [0.4, 0.5) is 5.95 Å². The van der Waals surface area contributed by atoms with Crippen molar-refractivity contribution in [3.63, 3.8) is 0 Å². The second kappa shape index (κ2) is 5.77. The standard InChI is InChI=1S/C14H16N4O2S/c1-2-18-13(15-16-14(18)21-9-12(19)20)17-7-10-5-3-4-6-11(10)8-17/h3-6H,2,7-9H2,1H3,(H,19,20). The molecule has 1 N–H and O–H groups in total. The predicted molar refractivity (Wildman–Crippen MR) is 80.4 cm³/mol. The lowest BCUT2D eigenvalue weighted by Gasteiger charge is -2.17. The molecule has 21 heavy (non-hydrogen) atoms. The first-order valence-electron chi connectivity index (χ1n) is 6.78. The Labute approximate surface area is 126 Å². The highest BCUT2D eigenvalue weighted by Crippen LogP contribution is 2.29. The van der Waals surface area contributed by atoms with Crippen molar-refractivity contribution in [2.75, 3.05) is 10.7 Å². The van der Waals surface area contributed by atoms with Gasteiger partial charge in [-0.05, 0) is 18.1 Å². The molecule has 0 saturated carbocycles. The van der Waals surface area contributed by atoms with Crippen LogP contribution in [0.2, 0.25) is 0 Å². The van der Waals surface area contributed by atoms with Gasteiger partial charge in [-0.1, -0.05) is 36.0 Å². The van der Waals surface area contributed by atoms with E-state index in [0.717, 1.165) is 25.6 Å². The number of hydrogen-bond donors (Lipinski definition) is 1. The number of aliphatic carboxylic acids is 1. The predicted octanol–water partition coefficient (Wildman–Crippen LogP) is 1.99. The van der Waals surface area contributed by atoms with Crippen LogP contribution >= 0.6 is 11.8 Å². The lowest BCUT2D eigenvalue weighted by atomic mass is 10.1. The maximum absolute atomic E-state index is 10.7. The Morgan fingerprint density at radius 1 is 1.29 bits per heavy atom. The van der Waals surface area contributed by atoms with Gasteiger partial charge in [-0.25, -0.2) is 0 Å². The van der Waals surface area contributed by atoms with Gasteiger partial charge in [-0.3, -0.25) is 9.36 Å². The molecule has 1 aliphatic rings. The number of carboxylic acid groups (broad SMARTS) is 1. The van der Waals surface area contributed by atoms with E-state index in [0.29, 0.717) is 5.16 Å². The first-order valence-corrected chi connectivity index (χ1v) is 7.77. The first-order chi connectivity index (χ1) is 10.2. The zero-order chi connectivity index (χ0) is 14.8. The molecule has 0 unspecified atom stereocenters. The number of anilines is 1. The summed E-state index contributed by atoms with van der Waals surface area (Å²) in [4.78, 5) is 12.9. The molecular weight excluding hydrogens is 288 g/mol. The fourth-order valence-electron chi connectivity index (χ4n) is 2.50. The Morgan fingerprint density at radius 3 is 2.52 bits per heavy atom. The van der Waals surface area contributed by atoms with Crippen LogP contribution in [0, 0.1) is 0 Å². The lowest BCUT2D eigenvalue weighted by Crippen LogP contribution is -2.19. The Balaban J connectivity index is 1.82. The Hall–Kier alpha value is -2.02. The number of benzene rings is 1. The summed E-state index contributed by atoms with van der Waals surface area (Å²) in [5, 5.41) is 17.8. The minimum atomic E-state index is -0.846. The monoisotopic (exact) mass is 304 g/mol. The van der Waals surface area contributed by atoms with Gasteiger partial charge in [-0.2, -0.15) is 0 Å². The van der Waals surface area contributed by atoms with Crippen LogP contribution in [0.3, 0.4) is 0 Å². The highest BCUT2D eigenvalue weighted by molar-refractivity contribution is 7.99. The molecule has 1 aliphatic heterocycles. The zero-order valence-corrected chi connectivity index (χ0v) is 12.5. The molecule has 6 nitrogen and oxygen atoms in total. The summed E-state index contributed by atoms with van der Waals surface area (Å²) >= 11 is 1.21. The average Bonchev–Trinajstić information content (AvgIpc) is 3.07. The molecule has 0 saturated heterocycles. The molecule has 0 amide bonds. The van der Waals surface area contributed by atoms with E-state index >= 15 is 0 Å². The van der Waals surface area contributed by atoms with E-state index in [1.807, 2.05) is 23.6 Å². The number of aromatic nitrogens is 3. The third-order valence-corrected chi connectivity index (χ3v) is 4.41. The highest BCUT2D eigenvalue weighted by atomic mass is 32.2. The molecule has 0 bridgehead atoms. The number of rotatable bonds is 5. The molecule has 7 heteroatoms. The topological polar surface area (TPSA) is 71.2 Å². The van der Waals surface area contributed by atoms with E-state index in [-0.39, 0.29) is 5.75 Å². The van der Waals surface area contributed by atoms with Crippen molar-refractivity contribution in [3.05, 3.63) is 35.4 Å². The number of carbonyl (C=O) groups is 1. The van der Waals surface area contributed by atoms with Gasteiger partial charge < -0.3 is 10.0 Å². The number of nitrogens with zero attached hydrogens (tertiary/aromatic N) is 4. The van der Waals surface area contributed by atoms with Gasteiger partial charge in [0.15, 0.2) is 5.16 Å². The molecule has 2 aromatic rings. The van der Waals surface area contributed by atoms with Gasteiger partial charge in [0, 0.05) is 19.6 Å². The second-order valence-electron chi connectivity index (χ2n) is 4.83. The summed E-state index contributed by atoms with van der Waals surface area (Å²) in [6, 6.07) is 8.34. The van der Waals surface area contributed by atoms with Gasteiger partial charge >= 0.3 is 5.97 Å². The fourth-order valence-corrected chi connectivity index (χ4v) is 3.22. The van der Waals surface area contributed by atoms with Crippen molar-refractivity contribution in [1.82, 2.24) is 14.8 Å². The number of hydrogen-bond acceptors (Lipinski definition) is 5. The van der Waals surface area contributed by atoms with Crippen molar-refractivity contribution >= 4 is 23.7 Å². The fraction of sp³-hybridized carbons (Fsp3) is 0.357. The van der Waals surface area contributed by atoms with Crippen LogP contribution in [0.5, 0.6) is 0 Å². The second-order valence-corrected chi connectivity index (χ2v) is 5.78. The first kappa shape index (κ1) is 13.9. The molecule has 0 spiro atoms. The smallest absolute Gasteiger partial charge is 0.313 e. The molecule has 0 fully saturated rings. The maximum Gasteiger partial charge on any atom is 0.313 e. The Bertz CT molecular complexity index is 646. The minimum Gasteiger partial charge on any atom is -0.481 e. The summed E-state index contributed by atoms with van der Waals surface area (Å²) in [7, 11) is 0. The van der Waals surface area contributed by atoms with Crippen molar-refractivity contribution in [2.45, 2.75) is 31.7 Å². The van der Waals surface area contributed by atoms with Crippen molar-refractivity contribution in [3.8, 4) is 0 Å². The number of carboxylic acids is 1. The van der Waals surface area contributed by atoms with Crippen LogP contribution < -0.4 is 4.90 Å². The highest BCUT2D eigenvalue weighted by Gasteiger charge is 2.24. The van der Waals surface area contributed by atoms with Gasteiger partial charge in [0.05, 0.1) is 5.75 Å². The van der Waals surface area contributed by atoms with Crippen LogP contribution in [-0.2, 0) is 24.4 Å². The summed E-state index contributed by atoms with van der Waals surface area (Å²) < 4.78 is 1.97. The van der Waals surface area contributed by atoms with Crippen molar-refractivity contribution < 1.29 is 9.90 Å². The molecule has 0 aliphatic carbocycles. The van der Waals surface area contributed by atoms with Gasteiger partial charge in [0.25, 0.3) is 0 Å². The summed E-state index contributed by atoms with van der Waals surface area (Å²) in [5.41, 5.74) is 2.62. The average molecular weight is 304 g/mol. The summed E-state index contributed by atoms with van der Waals surface area (Å²) in [6.45, 7) is 4.37. The lowest BCUT2D eigenvalue weighted by molar-refractivity contribution is -0.133. The van der Waals surface area contributed by atoms with Crippen LogP contribution in [0.1, 0.15) is 18.1 Å². The quantitative estimate of drug-likeness (QED) is 0.852. The Morgan fingerprint density at radius 2 is 1.95 bits per heavy atom. The molecule has 2 heterocycles. The largest absolute Gasteiger partial charge is 0.481 e. The van der Waals surface area contributed by atoms with Gasteiger partial charge in [-0.15, -0.1) is 10.2 Å². The molecular formula is C14H16N4O2S. The summed E-state index contributed by atoms with van der Waals surface area (Å²) in [5.74, 6) is -0.0411. The zero-order valence-electron chi connectivity index (χ0n) is 11.7. The van der Waals surface area contributed by atoms with E-state index in [4.69, 9.17) is 5.11 Å². The van der Waals surface area contributed by atoms with Gasteiger partial charge in [0.2, 0.25) is 5.95 Å². The third kappa shape index (κ3) is 2.73. The maximum atomic E-state index is 10.7. The van der Waals surface area contributed by atoms with E-state index in [2.05, 4.69) is 27.2 Å². The van der Waals surface area contributed by atoms with E-state index in [1.54, 1.807) is 0 Å². The molecule has 0 radical (unpaired) electrons. The number of fused-ring (bicyclic) bond motifs is 1. The van der Waals surface area contributed by atoms with E-state index in [9.17, 15) is 4.79 Å². The van der Waals surface area contributed by atoms with Crippen LogP contribution in [0.15, 0.2) is 29.4 Å². The molecule has 1 aromatic heterocycles. The van der Waals surface area contributed by atoms with Crippen molar-refractivity contribution in [1.29, 1.82) is 0 Å². The van der Waals surface area contributed by atoms with E-state index < -0.39 is 5.97 Å². The van der Waals surface area contributed by atoms with Crippen molar-refractivity contribution in [2.24, 2.45) is 0 Å². The van der Waals surface area contributed by atoms with E-state index in [1.165, 1.54) is 22.9 Å². The Kier molecular flexibility index (Phi) is 3.83. The third-order valence-electron chi connectivity index (χ3n) is 3.46. The van der Waals surface area contributed by atoms with Crippen LogP contribution in [0.25, 0.3) is 0 Å². The normalized spacial score (nSPS) is 13.5.